The Labute approximate surface area is 135 Å². The average molecular weight is 328 g/mol. The van der Waals surface area contributed by atoms with Gasteiger partial charge < -0.3 is 4.74 Å². The second kappa shape index (κ2) is 6.76. The van der Waals surface area contributed by atoms with E-state index in [1.165, 1.54) is 0 Å². The van der Waals surface area contributed by atoms with E-state index >= 15 is 0 Å². The van der Waals surface area contributed by atoms with Crippen LogP contribution in [0.5, 0.6) is 5.75 Å². The maximum atomic E-state index is 12.5. The van der Waals surface area contributed by atoms with Crippen molar-refractivity contribution >= 4 is 20.8 Å². The molecule has 118 valence electrons. The molecule has 1 heterocycles. The number of ether oxygens (including phenoxy) is 1. The summed E-state index contributed by atoms with van der Waals surface area (Å²) in [4.78, 5) is 4.26. The van der Waals surface area contributed by atoms with Crippen LogP contribution in [0.4, 0.5) is 0 Å². The molecule has 0 aliphatic rings. The van der Waals surface area contributed by atoms with Crippen LogP contribution in [-0.2, 0) is 10.0 Å². The maximum Gasteiger partial charge on any atom is 0.241 e. The lowest BCUT2D eigenvalue weighted by Gasteiger charge is -2.10. The lowest BCUT2D eigenvalue weighted by atomic mass is 10.2. The summed E-state index contributed by atoms with van der Waals surface area (Å²) in [5.74, 6) is 0.711. The first-order valence-corrected chi connectivity index (χ1v) is 8.65. The molecule has 5 nitrogen and oxygen atoms in total. The van der Waals surface area contributed by atoms with E-state index in [9.17, 15) is 8.42 Å². The van der Waals surface area contributed by atoms with Gasteiger partial charge in [0.15, 0.2) is 0 Å². The van der Waals surface area contributed by atoms with Crippen molar-refractivity contribution in [3.05, 3.63) is 67.0 Å². The number of sulfonamides is 1. The molecule has 0 atom stereocenters. The summed E-state index contributed by atoms with van der Waals surface area (Å²) in [5.41, 5.74) is 0. The summed E-state index contributed by atoms with van der Waals surface area (Å²) in [6.07, 6.45) is 3.23. The fraction of sp³-hybridized carbons (Fsp3) is 0.118. The summed E-state index contributed by atoms with van der Waals surface area (Å²) in [6.45, 7) is 0.453. The maximum absolute atomic E-state index is 12.5. The van der Waals surface area contributed by atoms with E-state index < -0.39 is 10.0 Å². The van der Waals surface area contributed by atoms with E-state index in [0.717, 1.165) is 5.39 Å². The quantitative estimate of drug-likeness (QED) is 0.706. The molecule has 1 N–H and O–H groups in total. The first-order valence-electron chi connectivity index (χ1n) is 7.17. The smallest absolute Gasteiger partial charge is 0.241 e. The molecule has 0 spiro atoms. The Hall–Kier alpha value is -2.44. The SMILES string of the molecule is O=S(=O)(NCCOc1ccccc1)c1cccc2cnccc12. The molecule has 0 saturated heterocycles. The Morgan fingerprint density at radius 3 is 2.65 bits per heavy atom. The molecule has 0 aliphatic carbocycles. The number of rotatable bonds is 6. The lowest BCUT2D eigenvalue weighted by molar-refractivity contribution is 0.323. The van der Waals surface area contributed by atoms with E-state index in [0.29, 0.717) is 11.1 Å². The Morgan fingerprint density at radius 2 is 1.83 bits per heavy atom. The van der Waals surface area contributed by atoms with Gasteiger partial charge in [-0.1, -0.05) is 30.3 Å². The van der Waals surface area contributed by atoms with Crippen LogP contribution in [0.25, 0.3) is 10.8 Å². The number of fused-ring (bicyclic) bond motifs is 1. The van der Waals surface area contributed by atoms with E-state index in [2.05, 4.69) is 9.71 Å². The molecule has 0 aliphatic heterocycles. The molecule has 3 aromatic rings. The summed E-state index contributed by atoms with van der Waals surface area (Å²) in [5, 5.41) is 1.44. The van der Waals surface area contributed by atoms with Gasteiger partial charge in [-0.3, -0.25) is 4.98 Å². The number of para-hydroxylation sites is 1. The predicted molar refractivity (Wildman–Crippen MR) is 88.9 cm³/mol. The molecule has 0 saturated carbocycles. The second-order valence-electron chi connectivity index (χ2n) is 4.91. The van der Waals surface area contributed by atoms with Crippen LogP contribution in [0.3, 0.4) is 0 Å². The highest BCUT2D eigenvalue weighted by Gasteiger charge is 2.16. The van der Waals surface area contributed by atoms with E-state index in [1.807, 2.05) is 36.4 Å². The molecule has 0 radical (unpaired) electrons. The molecule has 2 aromatic carbocycles. The highest BCUT2D eigenvalue weighted by molar-refractivity contribution is 7.89. The van der Waals surface area contributed by atoms with E-state index in [4.69, 9.17) is 4.74 Å². The Morgan fingerprint density at radius 1 is 1.00 bits per heavy atom. The van der Waals surface area contributed by atoms with Gasteiger partial charge in [0.25, 0.3) is 0 Å². The van der Waals surface area contributed by atoms with Crippen molar-refractivity contribution in [1.82, 2.24) is 9.71 Å². The Bertz CT molecular complexity index is 891. The zero-order valence-electron chi connectivity index (χ0n) is 12.3. The Balaban J connectivity index is 1.69. The van der Waals surface area contributed by atoms with Gasteiger partial charge in [-0.15, -0.1) is 0 Å². The number of nitrogens with one attached hydrogen (secondary N) is 1. The van der Waals surface area contributed by atoms with Crippen molar-refractivity contribution in [3.8, 4) is 5.75 Å². The molecule has 3 rings (SSSR count). The average Bonchev–Trinajstić information content (AvgIpc) is 2.59. The highest BCUT2D eigenvalue weighted by Crippen LogP contribution is 2.21. The third kappa shape index (κ3) is 3.67. The molecule has 0 amide bonds. The first kappa shape index (κ1) is 15.5. The van der Waals surface area contributed by atoms with Gasteiger partial charge in [0, 0.05) is 29.7 Å². The summed E-state index contributed by atoms with van der Waals surface area (Å²) in [6, 6.07) is 16.1. The van der Waals surface area contributed by atoms with Gasteiger partial charge in [-0.05, 0) is 24.3 Å². The fourth-order valence-electron chi connectivity index (χ4n) is 2.27. The largest absolute Gasteiger partial charge is 0.492 e. The van der Waals surface area contributed by atoms with Crippen LogP contribution in [0.15, 0.2) is 71.9 Å². The zero-order valence-corrected chi connectivity index (χ0v) is 13.2. The normalized spacial score (nSPS) is 11.5. The summed E-state index contributed by atoms with van der Waals surface area (Å²) >= 11 is 0. The minimum atomic E-state index is -3.60. The van der Waals surface area contributed by atoms with Gasteiger partial charge in [0.05, 0.1) is 4.90 Å². The van der Waals surface area contributed by atoms with Gasteiger partial charge in [0.1, 0.15) is 12.4 Å². The predicted octanol–water partition coefficient (Wildman–Crippen LogP) is 2.59. The van der Waals surface area contributed by atoms with Crippen LogP contribution in [0.1, 0.15) is 0 Å². The first-order chi connectivity index (χ1) is 11.2. The molecule has 1 aromatic heterocycles. The molecular weight excluding hydrogens is 312 g/mol. The van der Waals surface area contributed by atoms with Crippen molar-refractivity contribution in [1.29, 1.82) is 0 Å². The van der Waals surface area contributed by atoms with Crippen LogP contribution < -0.4 is 9.46 Å². The number of nitrogens with zero attached hydrogens (tertiary/aromatic N) is 1. The van der Waals surface area contributed by atoms with Gasteiger partial charge >= 0.3 is 0 Å². The number of benzene rings is 2. The number of hydrogen-bond acceptors (Lipinski definition) is 4. The fourth-order valence-corrected chi connectivity index (χ4v) is 3.51. The zero-order chi connectivity index (χ0) is 16.1. The number of aromatic nitrogens is 1. The third-order valence-electron chi connectivity index (χ3n) is 3.34. The minimum Gasteiger partial charge on any atom is -0.492 e. The van der Waals surface area contributed by atoms with Gasteiger partial charge in [-0.2, -0.15) is 0 Å². The molecule has 0 fully saturated rings. The van der Waals surface area contributed by atoms with E-state index in [1.54, 1.807) is 30.6 Å². The van der Waals surface area contributed by atoms with Crippen molar-refractivity contribution < 1.29 is 13.2 Å². The lowest BCUT2D eigenvalue weighted by Crippen LogP contribution is -2.28. The van der Waals surface area contributed by atoms with Crippen LogP contribution >= 0.6 is 0 Å². The van der Waals surface area contributed by atoms with Gasteiger partial charge in [-0.25, -0.2) is 13.1 Å². The molecular formula is C17H16N2O3S. The second-order valence-corrected chi connectivity index (χ2v) is 6.65. The highest BCUT2D eigenvalue weighted by atomic mass is 32.2. The van der Waals surface area contributed by atoms with Crippen molar-refractivity contribution in [2.45, 2.75) is 4.90 Å². The van der Waals surface area contributed by atoms with Gasteiger partial charge in [0.2, 0.25) is 10.0 Å². The standard InChI is InChI=1S/C17H16N2O3S/c20-23(21,19-11-12-22-15-6-2-1-3-7-15)17-8-4-5-14-13-18-10-9-16(14)17/h1-10,13,19H,11-12H2. The monoisotopic (exact) mass is 328 g/mol. The molecule has 0 unspecified atom stereocenters. The van der Waals surface area contributed by atoms with Crippen LogP contribution in [0.2, 0.25) is 0 Å². The van der Waals surface area contributed by atoms with Crippen LogP contribution in [-0.4, -0.2) is 26.6 Å². The molecule has 23 heavy (non-hydrogen) atoms. The number of pyridine rings is 1. The number of hydrogen-bond donors (Lipinski definition) is 1. The van der Waals surface area contributed by atoms with E-state index in [-0.39, 0.29) is 18.0 Å². The summed E-state index contributed by atoms with van der Waals surface area (Å²) < 4.78 is 33.0. The third-order valence-corrected chi connectivity index (χ3v) is 4.86. The van der Waals surface area contributed by atoms with Crippen LogP contribution in [0, 0.1) is 0 Å². The topological polar surface area (TPSA) is 68.3 Å². The van der Waals surface area contributed by atoms with Crippen molar-refractivity contribution in [2.75, 3.05) is 13.2 Å². The summed E-state index contributed by atoms with van der Waals surface area (Å²) in [7, 11) is -3.60. The Kier molecular flexibility index (Phi) is 4.55. The molecule has 6 heteroatoms. The molecule has 0 bridgehead atoms. The van der Waals surface area contributed by atoms with Crippen molar-refractivity contribution in [2.24, 2.45) is 0 Å². The minimum absolute atomic E-state index is 0.193. The van der Waals surface area contributed by atoms with Crippen molar-refractivity contribution in [3.63, 3.8) is 0 Å².